The van der Waals surface area contributed by atoms with Gasteiger partial charge in [-0.15, -0.1) is 0 Å². The van der Waals surface area contributed by atoms with E-state index in [0.29, 0.717) is 18.7 Å². The normalized spacial score (nSPS) is 18.4. The summed E-state index contributed by atoms with van der Waals surface area (Å²) in [6.07, 6.45) is 1.47. The Morgan fingerprint density at radius 3 is 2.59 bits per heavy atom. The largest absolute Gasteiger partial charge is 0.506 e. The number of anilines is 1. The van der Waals surface area contributed by atoms with Crippen molar-refractivity contribution < 1.29 is 14.7 Å². The van der Waals surface area contributed by atoms with Gasteiger partial charge in [0.15, 0.2) is 0 Å². The second kappa shape index (κ2) is 5.99. The number of phenols is 1. The quantitative estimate of drug-likeness (QED) is 0.825. The molecule has 2 rings (SSSR count). The number of rotatable bonds is 2. The van der Waals surface area contributed by atoms with Crippen molar-refractivity contribution >= 4 is 17.5 Å². The number of phenolic OH excluding ortho intramolecular Hbond substituents is 1. The molecule has 2 N–H and O–H groups in total. The molecule has 1 fully saturated rings. The summed E-state index contributed by atoms with van der Waals surface area (Å²) >= 11 is 0. The molecule has 1 saturated heterocycles. The van der Waals surface area contributed by atoms with Crippen LogP contribution in [0.4, 0.5) is 5.69 Å². The highest BCUT2D eigenvalue weighted by Crippen LogP contribution is 2.28. The standard InChI is InChI=1S/C17H24N2O3/c1-11-7-8-12(14(20)10-11)18-15(21)13-6-5-9-19(13)16(22)17(2,3)4/h7-8,10,13,20H,5-6,9H2,1-4H3,(H,18,21)/t13-/m1/s1. The molecular weight excluding hydrogens is 280 g/mol. The van der Waals surface area contributed by atoms with E-state index < -0.39 is 11.5 Å². The number of nitrogens with one attached hydrogen (secondary N) is 1. The Bertz CT molecular complexity index is 590. The molecule has 2 amide bonds. The van der Waals surface area contributed by atoms with E-state index in [1.165, 1.54) is 0 Å². The van der Waals surface area contributed by atoms with Gasteiger partial charge in [-0.2, -0.15) is 0 Å². The Hall–Kier alpha value is -2.04. The fourth-order valence-electron chi connectivity index (χ4n) is 2.68. The fraction of sp³-hybridized carbons (Fsp3) is 0.529. The van der Waals surface area contributed by atoms with Crippen LogP contribution in [0.1, 0.15) is 39.2 Å². The lowest BCUT2D eigenvalue weighted by atomic mass is 9.94. The summed E-state index contributed by atoms with van der Waals surface area (Å²) in [4.78, 5) is 26.6. The average molecular weight is 304 g/mol. The number of aromatic hydroxyl groups is 1. The molecule has 0 spiro atoms. The summed E-state index contributed by atoms with van der Waals surface area (Å²) in [6.45, 7) is 8.04. The smallest absolute Gasteiger partial charge is 0.247 e. The number of hydrogen-bond acceptors (Lipinski definition) is 3. The van der Waals surface area contributed by atoms with Crippen molar-refractivity contribution in [2.75, 3.05) is 11.9 Å². The molecule has 0 bridgehead atoms. The summed E-state index contributed by atoms with van der Waals surface area (Å²) < 4.78 is 0. The lowest BCUT2D eigenvalue weighted by Gasteiger charge is -2.30. The monoisotopic (exact) mass is 304 g/mol. The molecule has 0 aromatic heterocycles. The van der Waals surface area contributed by atoms with Crippen LogP contribution >= 0.6 is 0 Å². The second-order valence-electron chi connectivity index (χ2n) is 6.92. The predicted molar refractivity (Wildman–Crippen MR) is 85.7 cm³/mol. The van der Waals surface area contributed by atoms with Gasteiger partial charge in [0.2, 0.25) is 11.8 Å². The topological polar surface area (TPSA) is 69.6 Å². The van der Waals surface area contributed by atoms with E-state index in [2.05, 4.69) is 5.32 Å². The molecule has 22 heavy (non-hydrogen) atoms. The van der Waals surface area contributed by atoms with Crippen LogP contribution in [-0.4, -0.2) is 34.4 Å². The van der Waals surface area contributed by atoms with E-state index in [0.717, 1.165) is 12.0 Å². The van der Waals surface area contributed by atoms with E-state index >= 15 is 0 Å². The van der Waals surface area contributed by atoms with Gasteiger partial charge in [0, 0.05) is 12.0 Å². The third-order valence-electron chi connectivity index (χ3n) is 3.87. The lowest BCUT2D eigenvalue weighted by Crippen LogP contribution is -2.47. The van der Waals surface area contributed by atoms with E-state index in [1.807, 2.05) is 33.8 Å². The molecule has 1 aromatic rings. The highest BCUT2D eigenvalue weighted by molar-refractivity contribution is 5.99. The molecule has 0 unspecified atom stereocenters. The number of carbonyl (C=O) groups is 2. The lowest BCUT2D eigenvalue weighted by molar-refractivity contribution is -0.143. The first-order valence-electron chi connectivity index (χ1n) is 7.61. The van der Waals surface area contributed by atoms with Crippen LogP contribution in [-0.2, 0) is 9.59 Å². The van der Waals surface area contributed by atoms with Gasteiger partial charge in [-0.3, -0.25) is 9.59 Å². The van der Waals surface area contributed by atoms with Crippen LogP contribution in [0.15, 0.2) is 18.2 Å². The predicted octanol–water partition coefficient (Wildman–Crippen LogP) is 2.68. The van der Waals surface area contributed by atoms with Crippen molar-refractivity contribution in [3.8, 4) is 5.75 Å². The molecule has 1 aliphatic heterocycles. The van der Waals surface area contributed by atoms with Gasteiger partial charge in [0.1, 0.15) is 11.8 Å². The first-order chi connectivity index (χ1) is 10.2. The summed E-state index contributed by atoms with van der Waals surface area (Å²) in [7, 11) is 0. The maximum atomic E-state index is 12.5. The summed E-state index contributed by atoms with van der Waals surface area (Å²) in [5.41, 5.74) is 0.793. The summed E-state index contributed by atoms with van der Waals surface area (Å²) in [6, 6.07) is 4.63. The maximum absolute atomic E-state index is 12.5. The first-order valence-corrected chi connectivity index (χ1v) is 7.61. The van der Waals surface area contributed by atoms with Crippen LogP contribution in [0.2, 0.25) is 0 Å². The Labute approximate surface area is 131 Å². The second-order valence-corrected chi connectivity index (χ2v) is 6.92. The van der Waals surface area contributed by atoms with E-state index in [-0.39, 0.29) is 17.6 Å². The highest BCUT2D eigenvalue weighted by atomic mass is 16.3. The van der Waals surface area contributed by atoms with E-state index in [1.54, 1.807) is 17.0 Å². The Morgan fingerprint density at radius 2 is 2.00 bits per heavy atom. The number of hydrogen-bond donors (Lipinski definition) is 2. The summed E-state index contributed by atoms with van der Waals surface area (Å²) in [5.74, 6) is -0.215. The van der Waals surface area contributed by atoms with Gasteiger partial charge in [-0.05, 0) is 37.5 Å². The molecule has 0 saturated carbocycles. The van der Waals surface area contributed by atoms with Crippen molar-refractivity contribution in [3.63, 3.8) is 0 Å². The number of nitrogens with zero attached hydrogens (tertiary/aromatic N) is 1. The Balaban J connectivity index is 2.13. The van der Waals surface area contributed by atoms with Crippen LogP contribution < -0.4 is 5.32 Å². The van der Waals surface area contributed by atoms with Crippen LogP contribution in [0.3, 0.4) is 0 Å². The minimum atomic E-state index is -0.505. The van der Waals surface area contributed by atoms with Crippen molar-refractivity contribution in [2.45, 2.75) is 46.6 Å². The molecule has 0 radical (unpaired) electrons. The van der Waals surface area contributed by atoms with Crippen molar-refractivity contribution in [1.82, 2.24) is 4.90 Å². The zero-order valence-corrected chi connectivity index (χ0v) is 13.6. The molecule has 120 valence electrons. The van der Waals surface area contributed by atoms with Gasteiger partial charge >= 0.3 is 0 Å². The minimum absolute atomic E-state index is 0.0155. The van der Waals surface area contributed by atoms with Crippen molar-refractivity contribution in [1.29, 1.82) is 0 Å². The molecule has 1 heterocycles. The first kappa shape index (κ1) is 16.3. The summed E-state index contributed by atoms with van der Waals surface area (Å²) in [5, 5.41) is 12.6. The number of aryl methyl sites for hydroxylation is 1. The number of carbonyl (C=O) groups excluding carboxylic acids is 2. The molecule has 1 atom stereocenters. The van der Waals surface area contributed by atoms with Crippen LogP contribution in [0, 0.1) is 12.3 Å². The van der Waals surface area contributed by atoms with E-state index in [4.69, 9.17) is 0 Å². The van der Waals surface area contributed by atoms with Gasteiger partial charge < -0.3 is 15.3 Å². The number of benzene rings is 1. The van der Waals surface area contributed by atoms with Gasteiger partial charge in [0.05, 0.1) is 5.69 Å². The average Bonchev–Trinajstić information content (AvgIpc) is 2.89. The van der Waals surface area contributed by atoms with Gasteiger partial charge in [-0.25, -0.2) is 0 Å². The van der Waals surface area contributed by atoms with Crippen LogP contribution in [0.25, 0.3) is 0 Å². The molecular formula is C17H24N2O3. The SMILES string of the molecule is Cc1ccc(NC(=O)[C@H]2CCCN2C(=O)C(C)(C)C)c(O)c1. The Morgan fingerprint density at radius 1 is 1.32 bits per heavy atom. The molecule has 1 aliphatic rings. The highest BCUT2D eigenvalue weighted by Gasteiger charge is 2.38. The zero-order chi connectivity index (χ0) is 16.5. The number of amides is 2. The zero-order valence-electron chi connectivity index (χ0n) is 13.6. The number of likely N-dealkylation sites (tertiary alicyclic amines) is 1. The Kier molecular flexibility index (Phi) is 4.44. The fourth-order valence-corrected chi connectivity index (χ4v) is 2.68. The molecule has 5 heteroatoms. The van der Waals surface area contributed by atoms with Crippen molar-refractivity contribution in [3.05, 3.63) is 23.8 Å². The van der Waals surface area contributed by atoms with Gasteiger partial charge in [0.25, 0.3) is 0 Å². The third kappa shape index (κ3) is 3.40. The molecule has 1 aromatic carbocycles. The minimum Gasteiger partial charge on any atom is -0.506 e. The van der Waals surface area contributed by atoms with Crippen LogP contribution in [0.5, 0.6) is 5.75 Å². The maximum Gasteiger partial charge on any atom is 0.247 e. The molecule has 0 aliphatic carbocycles. The van der Waals surface area contributed by atoms with Gasteiger partial charge in [-0.1, -0.05) is 26.8 Å². The molecule has 5 nitrogen and oxygen atoms in total. The third-order valence-corrected chi connectivity index (χ3v) is 3.87. The van der Waals surface area contributed by atoms with Crippen molar-refractivity contribution in [2.24, 2.45) is 5.41 Å². The van der Waals surface area contributed by atoms with E-state index in [9.17, 15) is 14.7 Å².